The van der Waals surface area contributed by atoms with Gasteiger partial charge in [0.05, 0.1) is 17.7 Å². The smallest absolute Gasteiger partial charge is 0.265 e. The van der Waals surface area contributed by atoms with E-state index in [4.69, 9.17) is 0 Å². The highest BCUT2D eigenvalue weighted by Crippen LogP contribution is 2.14. The quantitative estimate of drug-likeness (QED) is 0.888. The van der Waals surface area contributed by atoms with Gasteiger partial charge in [0.1, 0.15) is 10.7 Å². The van der Waals surface area contributed by atoms with Crippen LogP contribution in [0.1, 0.15) is 26.3 Å². The molecule has 0 saturated carbocycles. The van der Waals surface area contributed by atoms with Crippen LogP contribution >= 0.6 is 11.3 Å². The van der Waals surface area contributed by atoms with Gasteiger partial charge in [-0.1, -0.05) is 0 Å². The van der Waals surface area contributed by atoms with Crippen molar-refractivity contribution >= 4 is 17.2 Å². The Labute approximate surface area is 103 Å². The number of carbonyl (C=O) groups excluding carboxylic acids is 1. The molecule has 90 valence electrons. The molecule has 2 rings (SSSR count). The van der Waals surface area contributed by atoms with Crippen LogP contribution in [0.15, 0.2) is 6.20 Å². The molecular weight excluding hydrogens is 238 g/mol. The Morgan fingerprint density at radius 2 is 2.29 bits per heavy atom. The van der Waals surface area contributed by atoms with E-state index >= 15 is 0 Å². The number of aromatic amines is 1. The van der Waals surface area contributed by atoms with Crippen LogP contribution in [-0.4, -0.2) is 38.0 Å². The van der Waals surface area contributed by atoms with Gasteiger partial charge in [-0.05, 0) is 13.8 Å². The Morgan fingerprint density at radius 1 is 1.53 bits per heavy atom. The van der Waals surface area contributed by atoms with Crippen molar-refractivity contribution in [2.75, 3.05) is 7.05 Å². The lowest BCUT2D eigenvalue weighted by Gasteiger charge is -2.13. The Hall–Kier alpha value is -1.76. The van der Waals surface area contributed by atoms with E-state index in [-0.39, 0.29) is 5.91 Å². The van der Waals surface area contributed by atoms with E-state index in [0.717, 1.165) is 10.8 Å². The second-order valence-corrected chi connectivity index (χ2v) is 4.98. The minimum atomic E-state index is -0.0574. The lowest BCUT2D eigenvalue weighted by atomic mass is 10.4. The van der Waals surface area contributed by atoms with Crippen LogP contribution in [0.25, 0.3) is 0 Å². The number of H-pyrrole nitrogens is 1. The molecule has 2 aromatic heterocycles. The number of hydrogen-bond acceptors (Lipinski definition) is 5. The topological polar surface area (TPSA) is 74.8 Å². The molecule has 0 aliphatic heterocycles. The molecule has 0 aliphatic rings. The Morgan fingerprint density at radius 3 is 2.82 bits per heavy atom. The molecular formula is C10H13N5OS. The van der Waals surface area contributed by atoms with Gasteiger partial charge in [-0.3, -0.25) is 9.89 Å². The molecule has 17 heavy (non-hydrogen) atoms. The zero-order chi connectivity index (χ0) is 12.4. The molecule has 0 fully saturated rings. The van der Waals surface area contributed by atoms with Gasteiger partial charge >= 0.3 is 0 Å². The molecule has 0 aromatic carbocycles. The van der Waals surface area contributed by atoms with Gasteiger partial charge in [0.2, 0.25) is 0 Å². The number of aryl methyl sites for hydroxylation is 2. The molecule has 1 amide bonds. The van der Waals surface area contributed by atoms with Crippen molar-refractivity contribution in [1.82, 2.24) is 25.1 Å². The van der Waals surface area contributed by atoms with Crippen molar-refractivity contribution in [3.05, 3.63) is 27.7 Å². The molecule has 0 bridgehead atoms. The molecule has 2 heterocycles. The first-order chi connectivity index (χ1) is 8.06. The molecule has 2 aromatic rings. The van der Waals surface area contributed by atoms with Crippen LogP contribution in [-0.2, 0) is 6.54 Å². The molecule has 0 saturated heterocycles. The highest BCUT2D eigenvalue weighted by Gasteiger charge is 2.16. The molecule has 0 spiro atoms. The summed E-state index contributed by atoms with van der Waals surface area (Å²) in [4.78, 5) is 22.4. The molecule has 1 N–H and O–H groups in total. The number of thiazole rings is 1. The number of amides is 1. The van der Waals surface area contributed by atoms with Gasteiger partial charge in [0.15, 0.2) is 5.82 Å². The van der Waals surface area contributed by atoms with E-state index < -0.39 is 0 Å². The average molecular weight is 251 g/mol. The molecule has 6 nitrogen and oxygen atoms in total. The van der Waals surface area contributed by atoms with Crippen molar-refractivity contribution in [1.29, 1.82) is 0 Å². The van der Waals surface area contributed by atoms with Crippen molar-refractivity contribution < 1.29 is 4.79 Å². The number of carbonyl (C=O) groups is 1. The predicted octanol–water partition coefficient (Wildman–Crippen LogP) is 1.15. The molecule has 0 atom stereocenters. The fourth-order valence-electron chi connectivity index (χ4n) is 1.39. The van der Waals surface area contributed by atoms with E-state index in [9.17, 15) is 4.79 Å². The van der Waals surface area contributed by atoms with Crippen LogP contribution in [0.5, 0.6) is 0 Å². The minimum Gasteiger partial charge on any atom is -0.333 e. The normalized spacial score (nSPS) is 10.5. The highest BCUT2D eigenvalue weighted by atomic mass is 32.1. The summed E-state index contributed by atoms with van der Waals surface area (Å²) in [6.07, 6.45) is 1.60. The minimum absolute atomic E-state index is 0.0574. The molecule has 0 aliphatic carbocycles. The zero-order valence-electron chi connectivity index (χ0n) is 9.89. The van der Waals surface area contributed by atoms with Crippen molar-refractivity contribution in [2.24, 2.45) is 0 Å². The first kappa shape index (κ1) is 11.7. The maximum atomic E-state index is 12.0. The number of hydrogen-bond donors (Lipinski definition) is 1. The first-order valence-electron chi connectivity index (χ1n) is 5.12. The van der Waals surface area contributed by atoms with Gasteiger partial charge in [0.25, 0.3) is 5.91 Å². The van der Waals surface area contributed by atoms with Crippen molar-refractivity contribution in [3.63, 3.8) is 0 Å². The standard InChI is InChI=1S/C10H13N5OS/c1-6-12-9(14-13-6)5-15(3)10(16)8-4-11-7(2)17-8/h4H,5H2,1-3H3,(H,12,13,14). The second-order valence-electron chi connectivity index (χ2n) is 3.74. The molecule has 7 heteroatoms. The zero-order valence-corrected chi connectivity index (χ0v) is 10.7. The molecule has 0 unspecified atom stereocenters. The monoisotopic (exact) mass is 251 g/mol. The fourth-order valence-corrected chi connectivity index (χ4v) is 2.16. The second kappa shape index (κ2) is 4.62. The number of rotatable bonds is 3. The average Bonchev–Trinajstić information content (AvgIpc) is 2.87. The summed E-state index contributed by atoms with van der Waals surface area (Å²) in [5.74, 6) is 1.30. The summed E-state index contributed by atoms with van der Waals surface area (Å²) < 4.78 is 0. The van der Waals surface area contributed by atoms with E-state index in [0.29, 0.717) is 17.2 Å². The number of aromatic nitrogens is 4. The third-order valence-corrected chi connectivity index (χ3v) is 3.10. The summed E-state index contributed by atoms with van der Waals surface area (Å²) in [6.45, 7) is 4.09. The summed E-state index contributed by atoms with van der Waals surface area (Å²) >= 11 is 1.39. The number of nitrogens with zero attached hydrogens (tertiary/aromatic N) is 4. The van der Waals surface area contributed by atoms with Gasteiger partial charge in [-0.2, -0.15) is 5.10 Å². The van der Waals surface area contributed by atoms with Gasteiger partial charge in [-0.15, -0.1) is 11.3 Å². The van der Waals surface area contributed by atoms with Crippen LogP contribution in [0.3, 0.4) is 0 Å². The highest BCUT2D eigenvalue weighted by molar-refractivity contribution is 7.13. The molecule has 0 radical (unpaired) electrons. The summed E-state index contributed by atoms with van der Waals surface area (Å²) in [6, 6.07) is 0. The van der Waals surface area contributed by atoms with E-state index in [1.807, 2.05) is 13.8 Å². The Bertz CT molecular complexity index is 532. The van der Waals surface area contributed by atoms with Crippen LogP contribution < -0.4 is 0 Å². The summed E-state index contributed by atoms with van der Waals surface area (Å²) in [7, 11) is 1.73. The van der Waals surface area contributed by atoms with E-state index in [1.54, 1.807) is 18.1 Å². The largest absolute Gasteiger partial charge is 0.333 e. The lowest BCUT2D eigenvalue weighted by Crippen LogP contribution is -2.26. The lowest BCUT2D eigenvalue weighted by molar-refractivity contribution is 0.0786. The third-order valence-electron chi connectivity index (χ3n) is 2.20. The van der Waals surface area contributed by atoms with Crippen LogP contribution in [0.4, 0.5) is 0 Å². The summed E-state index contributed by atoms with van der Waals surface area (Å²) in [5, 5.41) is 7.63. The maximum absolute atomic E-state index is 12.0. The van der Waals surface area contributed by atoms with Gasteiger partial charge < -0.3 is 4.90 Å². The predicted molar refractivity (Wildman–Crippen MR) is 63.8 cm³/mol. The van der Waals surface area contributed by atoms with Gasteiger partial charge in [-0.25, -0.2) is 9.97 Å². The SMILES string of the molecule is Cc1nc(CN(C)C(=O)c2cnc(C)s2)n[nH]1. The number of nitrogens with one attached hydrogen (secondary N) is 1. The first-order valence-corrected chi connectivity index (χ1v) is 5.93. The van der Waals surface area contributed by atoms with Crippen molar-refractivity contribution in [2.45, 2.75) is 20.4 Å². The van der Waals surface area contributed by atoms with Crippen molar-refractivity contribution in [3.8, 4) is 0 Å². The Balaban J connectivity index is 2.05. The van der Waals surface area contributed by atoms with Crippen LogP contribution in [0, 0.1) is 13.8 Å². The third kappa shape index (κ3) is 2.68. The van der Waals surface area contributed by atoms with E-state index in [2.05, 4.69) is 20.2 Å². The van der Waals surface area contributed by atoms with Crippen LogP contribution in [0.2, 0.25) is 0 Å². The van der Waals surface area contributed by atoms with Gasteiger partial charge in [0, 0.05) is 7.05 Å². The van der Waals surface area contributed by atoms with E-state index in [1.165, 1.54) is 11.3 Å². The maximum Gasteiger partial charge on any atom is 0.265 e. The Kier molecular flexibility index (Phi) is 3.19. The fraction of sp³-hybridized carbons (Fsp3) is 0.400. The summed E-state index contributed by atoms with van der Waals surface area (Å²) in [5.41, 5.74) is 0.